The lowest BCUT2D eigenvalue weighted by molar-refractivity contribution is 0.566. The van der Waals surface area contributed by atoms with E-state index in [2.05, 4.69) is 25.2 Å². The van der Waals surface area contributed by atoms with Crippen molar-refractivity contribution in [2.45, 2.75) is 26.3 Å². The molecular formula is C19H16FNO2. The molecule has 0 atom stereocenters. The van der Waals surface area contributed by atoms with Gasteiger partial charge in [-0.15, -0.1) is 0 Å². The summed E-state index contributed by atoms with van der Waals surface area (Å²) in [5.41, 5.74) is 2.55. The molecule has 23 heavy (non-hydrogen) atoms. The Labute approximate surface area is 132 Å². The summed E-state index contributed by atoms with van der Waals surface area (Å²) in [5.74, 6) is -0.350. The molecule has 1 aliphatic heterocycles. The van der Waals surface area contributed by atoms with E-state index in [-0.39, 0.29) is 11.4 Å². The second kappa shape index (κ2) is 4.44. The molecule has 3 aromatic rings. The molecule has 1 aromatic heterocycles. The van der Waals surface area contributed by atoms with Gasteiger partial charge >= 0.3 is 5.63 Å². The Morgan fingerprint density at radius 2 is 1.91 bits per heavy atom. The molecule has 0 amide bonds. The van der Waals surface area contributed by atoms with Gasteiger partial charge in [-0.1, -0.05) is 12.1 Å². The molecular weight excluding hydrogens is 293 g/mol. The third kappa shape index (κ3) is 2.05. The maximum absolute atomic E-state index is 13.6. The molecule has 0 aliphatic carbocycles. The van der Waals surface area contributed by atoms with E-state index in [0.29, 0.717) is 21.7 Å². The third-order valence-electron chi connectivity index (χ3n) is 4.27. The van der Waals surface area contributed by atoms with Crippen molar-refractivity contribution in [3.63, 3.8) is 0 Å². The van der Waals surface area contributed by atoms with Gasteiger partial charge in [0.1, 0.15) is 11.4 Å². The fourth-order valence-corrected chi connectivity index (χ4v) is 3.50. The van der Waals surface area contributed by atoms with Crippen LogP contribution in [0.25, 0.3) is 27.3 Å². The summed E-state index contributed by atoms with van der Waals surface area (Å²) in [6, 6.07) is 8.00. The monoisotopic (exact) mass is 309 g/mol. The van der Waals surface area contributed by atoms with Crippen LogP contribution in [0.1, 0.15) is 26.3 Å². The van der Waals surface area contributed by atoms with Gasteiger partial charge in [-0.05, 0) is 50.6 Å². The van der Waals surface area contributed by atoms with Crippen molar-refractivity contribution in [2.75, 3.05) is 5.32 Å². The van der Waals surface area contributed by atoms with Crippen molar-refractivity contribution in [3.05, 3.63) is 58.2 Å². The molecule has 1 aliphatic rings. The van der Waals surface area contributed by atoms with Gasteiger partial charge in [-0.3, -0.25) is 0 Å². The highest BCUT2D eigenvalue weighted by Crippen LogP contribution is 2.38. The Hall–Kier alpha value is -2.62. The van der Waals surface area contributed by atoms with Crippen molar-refractivity contribution in [3.8, 4) is 0 Å². The highest BCUT2D eigenvalue weighted by molar-refractivity contribution is 6.10. The Bertz CT molecular complexity index is 1060. The maximum Gasteiger partial charge on any atom is 0.344 e. The zero-order valence-corrected chi connectivity index (χ0v) is 13.2. The average molecular weight is 309 g/mol. The zero-order valence-electron chi connectivity index (χ0n) is 13.2. The van der Waals surface area contributed by atoms with E-state index < -0.39 is 5.63 Å². The Morgan fingerprint density at radius 3 is 2.70 bits per heavy atom. The Morgan fingerprint density at radius 1 is 1.13 bits per heavy atom. The molecule has 1 N–H and O–H groups in total. The van der Waals surface area contributed by atoms with Gasteiger partial charge in [-0.25, -0.2) is 9.18 Å². The van der Waals surface area contributed by atoms with Crippen molar-refractivity contribution in [1.82, 2.24) is 0 Å². The van der Waals surface area contributed by atoms with Gasteiger partial charge in [0.05, 0.1) is 10.9 Å². The molecule has 4 heteroatoms. The minimum absolute atomic E-state index is 0.187. The molecule has 0 saturated carbocycles. The van der Waals surface area contributed by atoms with Gasteiger partial charge in [0.15, 0.2) is 0 Å². The number of hydrogen-bond acceptors (Lipinski definition) is 3. The molecule has 4 rings (SSSR count). The van der Waals surface area contributed by atoms with Gasteiger partial charge < -0.3 is 9.73 Å². The van der Waals surface area contributed by atoms with Gasteiger partial charge in [0.25, 0.3) is 0 Å². The van der Waals surface area contributed by atoms with Crippen LogP contribution in [0, 0.1) is 5.82 Å². The molecule has 0 saturated heterocycles. The van der Waals surface area contributed by atoms with Crippen molar-refractivity contribution >= 4 is 33.0 Å². The van der Waals surface area contributed by atoms with Crippen LogP contribution >= 0.6 is 0 Å². The lowest BCUT2D eigenvalue weighted by atomic mass is 9.88. The Kier molecular flexibility index (Phi) is 2.71. The normalized spacial score (nSPS) is 16.1. The highest BCUT2D eigenvalue weighted by atomic mass is 19.1. The summed E-state index contributed by atoms with van der Waals surface area (Å²) in [6.07, 6.45) is 2.09. The predicted octanol–water partition coefficient (Wildman–Crippen LogP) is 4.69. The second-order valence-corrected chi connectivity index (χ2v) is 6.61. The molecule has 0 fully saturated rings. The third-order valence-corrected chi connectivity index (χ3v) is 4.27. The summed E-state index contributed by atoms with van der Waals surface area (Å²) >= 11 is 0. The first-order chi connectivity index (χ1) is 10.9. The highest BCUT2D eigenvalue weighted by Gasteiger charge is 2.25. The average Bonchev–Trinajstić information content (AvgIpc) is 2.46. The number of nitrogens with one attached hydrogen (secondary N) is 1. The lowest BCUT2D eigenvalue weighted by Gasteiger charge is -2.31. The van der Waals surface area contributed by atoms with Crippen LogP contribution in [0.4, 0.5) is 10.1 Å². The first-order valence-corrected chi connectivity index (χ1v) is 7.53. The summed E-state index contributed by atoms with van der Waals surface area (Å²) < 4.78 is 19.1. The molecule has 0 radical (unpaired) electrons. The van der Waals surface area contributed by atoms with Crippen LogP contribution in [0.5, 0.6) is 0 Å². The maximum atomic E-state index is 13.6. The fraction of sp³-hybridized carbons (Fsp3) is 0.211. The summed E-state index contributed by atoms with van der Waals surface area (Å²) in [6.45, 7) is 6.12. The van der Waals surface area contributed by atoms with Crippen LogP contribution in [0.3, 0.4) is 0 Å². The predicted molar refractivity (Wildman–Crippen MR) is 91.3 cm³/mol. The van der Waals surface area contributed by atoms with E-state index in [0.717, 1.165) is 16.8 Å². The van der Waals surface area contributed by atoms with Crippen molar-refractivity contribution in [2.24, 2.45) is 0 Å². The summed E-state index contributed by atoms with van der Waals surface area (Å²) in [7, 11) is 0. The lowest BCUT2D eigenvalue weighted by Crippen LogP contribution is -2.31. The zero-order chi connectivity index (χ0) is 16.4. The standard InChI is InChI=1S/C19H16FNO2/c1-10-9-19(2,3)21-14-6-5-12-13-8-11(20)4-7-15(13)23-18(22)17(12)16(10)14/h4-9,21H,1-3H3. The largest absolute Gasteiger partial charge is 0.422 e. The number of benzene rings is 2. The minimum Gasteiger partial charge on any atom is -0.422 e. The smallest absolute Gasteiger partial charge is 0.344 e. The first kappa shape index (κ1) is 14.0. The first-order valence-electron chi connectivity index (χ1n) is 7.53. The van der Waals surface area contributed by atoms with Crippen molar-refractivity contribution in [1.29, 1.82) is 0 Å². The van der Waals surface area contributed by atoms with Gasteiger partial charge in [0.2, 0.25) is 0 Å². The van der Waals surface area contributed by atoms with Crippen LogP contribution in [-0.2, 0) is 0 Å². The fourth-order valence-electron chi connectivity index (χ4n) is 3.50. The van der Waals surface area contributed by atoms with Crippen LogP contribution in [-0.4, -0.2) is 5.54 Å². The van der Waals surface area contributed by atoms with Gasteiger partial charge in [-0.2, -0.15) is 0 Å². The van der Waals surface area contributed by atoms with Crippen LogP contribution < -0.4 is 10.9 Å². The van der Waals surface area contributed by atoms with E-state index in [1.54, 1.807) is 0 Å². The van der Waals surface area contributed by atoms with E-state index in [4.69, 9.17) is 4.42 Å². The van der Waals surface area contributed by atoms with E-state index in [1.165, 1.54) is 18.2 Å². The quantitative estimate of drug-likeness (QED) is 0.484. The molecule has 2 aromatic carbocycles. The summed E-state index contributed by atoms with van der Waals surface area (Å²) in [4.78, 5) is 12.5. The Balaban J connectivity index is 2.20. The van der Waals surface area contributed by atoms with E-state index >= 15 is 0 Å². The second-order valence-electron chi connectivity index (χ2n) is 6.61. The van der Waals surface area contributed by atoms with E-state index in [9.17, 15) is 9.18 Å². The van der Waals surface area contributed by atoms with Crippen LogP contribution in [0.15, 0.2) is 45.6 Å². The number of fused-ring (bicyclic) bond motifs is 5. The number of anilines is 1. The molecule has 0 unspecified atom stereocenters. The number of allylic oxidation sites excluding steroid dienone is 1. The molecule has 0 bridgehead atoms. The number of rotatable bonds is 0. The SMILES string of the molecule is CC1=CC(C)(C)Nc2ccc3c(c21)c(=O)oc1ccc(F)cc13. The van der Waals surface area contributed by atoms with Crippen LogP contribution in [0.2, 0.25) is 0 Å². The van der Waals surface area contributed by atoms with E-state index in [1.807, 2.05) is 19.1 Å². The minimum atomic E-state index is -0.398. The molecule has 116 valence electrons. The van der Waals surface area contributed by atoms with Gasteiger partial charge in [0, 0.05) is 22.0 Å². The number of halogens is 1. The van der Waals surface area contributed by atoms with Crippen molar-refractivity contribution < 1.29 is 8.81 Å². The molecule has 0 spiro atoms. The summed E-state index contributed by atoms with van der Waals surface area (Å²) in [5, 5.41) is 5.23. The molecule has 3 nitrogen and oxygen atoms in total. The number of hydrogen-bond donors (Lipinski definition) is 1. The topological polar surface area (TPSA) is 42.2 Å². The molecule has 2 heterocycles.